The summed E-state index contributed by atoms with van der Waals surface area (Å²) in [6.07, 6.45) is 0.405. The lowest BCUT2D eigenvalue weighted by Gasteiger charge is -2.07. The summed E-state index contributed by atoms with van der Waals surface area (Å²) in [7, 11) is 3.00. The van der Waals surface area contributed by atoms with Crippen molar-refractivity contribution in [3.63, 3.8) is 0 Å². The summed E-state index contributed by atoms with van der Waals surface area (Å²) in [5, 5.41) is 0. The molecule has 0 amide bonds. The Morgan fingerprint density at radius 2 is 2.00 bits per heavy atom. The van der Waals surface area contributed by atoms with Crippen molar-refractivity contribution in [2.24, 2.45) is 0 Å². The Morgan fingerprint density at radius 1 is 1.35 bits per heavy atom. The molecule has 0 spiro atoms. The van der Waals surface area contributed by atoms with Crippen LogP contribution in [0, 0.1) is 0 Å². The molecule has 1 saturated heterocycles. The monoisotopic (exact) mass is 236 g/mol. The van der Waals surface area contributed by atoms with Gasteiger partial charge in [-0.1, -0.05) is 19.1 Å². The first-order chi connectivity index (χ1) is 8.17. The molecule has 1 aliphatic heterocycles. The molecule has 0 aliphatic carbocycles. The molecule has 1 fully saturated rings. The number of hydrogen-bond donors (Lipinski definition) is 0. The van der Waals surface area contributed by atoms with E-state index in [1.807, 2.05) is 31.2 Å². The van der Waals surface area contributed by atoms with Crippen LogP contribution in [-0.2, 0) is 14.3 Å². The predicted molar refractivity (Wildman–Crippen MR) is 61.9 cm³/mol. The van der Waals surface area contributed by atoms with E-state index in [4.69, 9.17) is 14.2 Å². The fourth-order valence-electron chi connectivity index (χ4n) is 2.03. The van der Waals surface area contributed by atoms with E-state index in [1.165, 1.54) is 7.11 Å². The number of methoxy groups -OCH3 is 2. The molecular weight excluding hydrogens is 220 g/mol. The summed E-state index contributed by atoms with van der Waals surface area (Å²) in [6, 6.07) is 7.52. The lowest BCUT2D eigenvalue weighted by Crippen LogP contribution is -2.25. The molecule has 0 radical (unpaired) electrons. The molecular formula is C13H16O4. The molecule has 2 atom stereocenters. The maximum Gasteiger partial charge on any atom is 0.341 e. The average molecular weight is 236 g/mol. The highest BCUT2D eigenvalue weighted by molar-refractivity contribution is 5.83. The minimum absolute atomic E-state index is 0.203. The topological polar surface area (TPSA) is 48.1 Å². The zero-order valence-electron chi connectivity index (χ0n) is 10.2. The molecule has 0 N–H and O–H groups in total. The van der Waals surface area contributed by atoms with E-state index in [2.05, 4.69) is 0 Å². The number of carbonyl (C=O) groups is 1. The fraction of sp³-hybridized carbons (Fsp3) is 0.462. The number of hydrogen-bond acceptors (Lipinski definition) is 4. The zero-order chi connectivity index (χ0) is 12.5. The molecule has 0 aromatic heterocycles. The van der Waals surface area contributed by atoms with Crippen LogP contribution in [0.4, 0.5) is 0 Å². The lowest BCUT2D eigenvalue weighted by atomic mass is 9.97. The van der Waals surface area contributed by atoms with Crippen molar-refractivity contribution in [3.05, 3.63) is 29.8 Å². The van der Waals surface area contributed by atoms with Crippen LogP contribution in [0.5, 0.6) is 5.75 Å². The van der Waals surface area contributed by atoms with Gasteiger partial charge in [-0.25, -0.2) is 4.79 Å². The molecule has 1 aromatic rings. The van der Waals surface area contributed by atoms with Crippen LogP contribution in [0.15, 0.2) is 24.3 Å². The van der Waals surface area contributed by atoms with E-state index < -0.39 is 5.60 Å². The fourth-order valence-corrected chi connectivity index (χ4v) is 2.03. The maximum atomic E-state index is 11.7. The third-order valence-corrected chi connectivity index (χ3v) is 3.17. The third-order valence-electron chi connectivity index (χ3n) is 3.17. The van der Waals surface area contributed by atoms with Gasteiger partial charge in [-0.15, -0.1) is 0 Å². The first-order valence-electron chi connectivity index (χ1n) is 5.58. The summed E-state index contributed by atoms with van der Waals surface area (Å²) in [5.74, 6) is 0.482. The van der Waals surface area contributed by atoms with E-state index in [0.29, 0.717) is 6.42 Å². The van der Waals surface area contributed by atoms with Crippen molar-refractivity contribution in [3.8, 4) is 5.75 Å². The molecule has 1 aromatic carbocycles. The number of carbonyl (C=O) groups excluding carboxylic acids is 1. The van der Waals surface area contributed by atoms with Crippen LogP contribution in [-0.4, -0.2) is 25.8 Å². The van der Waals surface area contributed by atoms with Crippen molar-refractivity contribution in [2.45, 2.75) is 25.0 Å². The van der Waals surface area contributed by atoms with Crippen LogP contribution in [0.25, 0.3) is 0 Å². The normalized spacial score (nSPS) is 26.4. The summed E-state index contributed by atoms with van der Waals surface area (Å²) >= 11 is 0. The van der Waals surface area contributed by atoms with E-state index in [0.717, 1.165) is 11.3 Å². The Hall–Kier alpha value is -1.55. The quantitative estimate of drug-likeness (QED) is 0.593. The van der Waals surface area contributed by atoms with Gasteiger partial charge in [0.1, 0.15) is 11.9 Å². The van der Waals surface area contributed by atoms with Gasteiger partial charge in [0, 0.05) is 0 Å². The zero-order valence-corrected chi connectivity index (χ0v) is 10.2. The van der Waals surface area contributed by atoms with Gasteiger partial charge >= 0.3 is 5.97 Å². The van der Waals surface area contributed by atoms with Crippen molar-refractivity contribution in [1.29, 1.82) is 0 Å². The van der Waals surface area contributed by atoms with E-state index in [1.54, 1.807) is 7.11 Å². The average Bonchev–Trinajstić information content (AvgIpc) is 3.14. The van der Waals surface area contributed by atoms with Crippen LogP contribution in [0.2, 0.25) is 0 Å². The standard InChI is InChI=1S/C13H16O4/c1-4-13(12(14)16-3)11(17-13)9-5-7-10(15-2)8-6-9/h5-8,11H,4H2,1-3H3/t11-,13-/m0/s1. The SMILES string of the molecule is CC[C@]1(C(=O)OC)O[C@H]1c1ccc(OC)cc1. The highest BCUT2D eigenvalue weighted by atomic mass is 16.7. The smallest absolute Gasteiger partial charge is 0.341 e. The number of epoxide rings is 1. The van der Waals surface area contributed by atoms with Crippen LogP contribution < -0.4 is 4.74 Å². The van der Waals surface area contributed by atoms with Gasteiger partial charge in [-0.05, 0) is 24.1 Å². The highest BCUT2D eigenvalue weighted by Crippen LogP contribution is 2.52. The number of ether oxygens (including phenoxy) is 3. The Morgan fingerprint density at radius 3 is 2.47 bits per heavy atom. The van der Waals surface area contributed by atoms with Crippen molar-refractivity contribution >= 4 is 5.97 Å². The maximum absolute atomic E-state index is 11.7. The number of esters is 1. The first kappa shape index (κ1) is 11.9. The van der Waals surface area contributed by atoms with E-state index in [-0.39, 0.29) is 12.1 Å². The second-order valence-electron chi connectivity index (χ2n) is 4.01. The van der Waals surface area contributed by atoms with E-state index in [9.17, 15) is 4.79 Å². The van der Waals surface area contributed by atoms with Gasteiger partial charge in [0.25, 0.3) is 0 Å². The molecule has 4 heteroatoms. The Balaban J connectivity index is 2.17. The van der Waals surface area contributed by atoms with Gasteiger partial charge in [0.15, 0.2) is 5.60 Å². The summed E-state index contributed by atoms with van der Waals surface area (Å²) in [6.45, 7) is 1.92. The summed E-state index contributed by atoms with van der Waals surface area (Å²) in [4.78, 5) is 11.7. The molecule has 92 valence electrons. The van der Waals surface area contributed by atoms with Crippen LogP contribution in [0.3, 0.4) is 0 Å². The number of benzene rings is 1. The van der Waals surface area contributed by atoms with Gasteiger partial charge in [0.2, 0.25) is 0 Å². The number of rotatable bonds is 4. The van der Waals surface area contributed by atoms with Crippen LogP contribution >= 0.6 is 0 Å². The van der Waals surface area contributed by atoms with E-state index >= 15 is 0 Å². The molecule has 0 bridgehead atoms. The minimum atomic E-state index is -0.788. The summed E-state index contributed by atoms with van der Waals surface area (Å²) in [5.41, 5.74) is 0.182. The third kappa shape index (κ3) is 1.89. The highest BCUT2D eigenvalue weighted by Gasteiger charge is 2.62. The van der Waals surface area contributed by atoms with Gasteiger partial charge < -0.3 is 14.2 Å². The largest absolute Gasteiger partial charge is 0.497 e. The van der Waals surface area contributed by atoms with Gasteiger partial charge in [-0.2, -0.15) is 0 Å². The molecule has 0 unspecified atom stereocenters. The Bertz CT molecular complexity index is 412. The Kier molecular flexibility index (Phi) is 3.07. The van der Waals surface area contributed by atoms with Gasteiger partial charge in [-0.3, -0.25) is 0 Å². The van der Waals surface area contributed by atoms with Crippen molar-refractivity contribution in [2.75, 3.05) is 14.2 Å². The second kappa shape index (κ2) is 4.37. The molecule has 0 saturated carbocycles. The molecule has 1 heterocycles. The lowest BCUT2D eigenvalue weighted by molar-refractivity contribution is -0.147. The minimum Gasteiger partial charge on any atom is -0.497 e. The molecule has 2 rings (SSSR count). The summed E-state index contributed by atoms with van der Waals surface area (Å²) < 4.78 is 15.4. The predicted octanol–water partition coefficient (Wildman–Crippen LogP) is 2.09. The molecule has 4 nitrogen and oxygen atoms in total. The van der Waals surface area contributed by atoms with Crippen molar-refractivity contribution in [1.82, 2.24) is 0 Å². The molecule has 17 heavy (non-hydrogen) atoms. The Labute approximate surface area is 100 Å². The van der Waals surface area contributed by atoms with Crippen molar-refractivity contribution < 1.29 is 19.0 Å². The van der Waals surface area contributed by atoms with Gasteiger partial charge in [0.05, 0.1) is 14.2 Å². The molecule has 1 aliphatic rings. The second-order valence-corrected chi connectivity index (χ2v) is 4.01. The first-order valence-corrected chi connectivity index (χ1v) is 5.58. The van der Waals surface area contributed by atoms with Crippen LogP contribution in [0.1, 0.15) is 25.0 Å².